The van der Waals surface area contributed by atoms with Gasteiger partial charge in [-0.05, 0) is 35.0 Å². The molecule has 2 rings (SSSR count). The normalized spacial score (nSPS) is 12.9. The van der Waals surface area contributed by atoms with Crippen LogP contribution in [0, 0.1) is 0 Å². The zero-order chi connectivity index (χ0) is 13.1. The van der Waals surface area contributed by atoms with Crippen molar-refractivity contribution in [3.63, 3.8) is 0 Å². The molecule has 0 aromatic carbocycles. The Morgan fingerprint density at radius 3 is 2.72 bits per heavy atom. The zero-order valence-corrected chi connectivity index (χ0v) is 12.3. The van der Waals surface area contributed by atoms with Gasteiger partial charge in [-0.1, -0.05) is 12.1 Å². The molecule has 0 bridgehead atoms. The van der Waals surface area contributed by atoms with E-state index in [9.17, 15) is 0 Å². The van der Waals surface area contributed by atoms with E-state index < -0.39 is 0 Å². The van der Waals surface area contributed by atoms with Crippen LogP contribution < -0.4 is 5.32 Å². The maximum Gasteiger partial charge on any atom is 0.153 e. The summed E-state index contributed by atoms with van der Waals surface area (Å²) in [6, 6.07) is 2.01. The summed E-state index contributed by atoms with van der Waals surface area (Å²) in [5.41, 5.74) is 1.96. The van der Waals surface area contributed by atoms with Gasteiger partial charge < -0.3 is 5.32 Å². The lowest BCUT2D eigenvalue weighted by molar-refractivity contribution is 0.533. The van der Waals surface area contributed by atoms with E-state index in [0.717, 1.165) is 29.0 Å². The number of aromatic nitrogens is 5. The summed E-state index contributed by atoms with van der Waals surface area (Å²) in [6.07, 6.45) is 3.00. The average Bonchev–Trinajstić information content (AvgIpc) is 2.90. The molecular weight excluding hydrogens is 296 g/mol. The summed E-state index contributed by atoms with van der Waals surface area (Å²) in [7, 11) is 3.80. The first-order chi connectivity index (χ1) is 8.63. The molecule has 0 aliphatic carbocycles. The molecule has 0 spiro atoms. The van der Waals surface area contributed by atoms with Crippen molar-refractivity contribution >= 4 is 15.9 Å². The Labute approximate surface area is 114 Å². The van der Waals surface area contributed by atoms with Crippen LogP contribution in [0.3, 0.4) is 0 Å². The van der Waals surface area contributed by atoms with E-state index in [1.165, 1.54) is 0 Å². The highest BCUT2D eigenvalue weighted by atomic mass is 79.9. The fraction of sp³-hybridized carbons (Fsp3) is 0.545. The van der Waals surface area contributed by atoms with Gasteiger partial charge in [-0.25, -0.2) is 4.68 Å². The third-order valence-corrected chi connectivity index (χ3v) is 3.29. The first-order valence-electron chi connectivity index (χ1n) is 5.91. The highest BCUT2D eigenvalue weighted by Gasteiger charge is 2.23. The molecule has 1 N–H and O–H groups in total. The summed E-state index contributed by atoms with van der Waals surface area (Å²) in [5, 5.41) is 16.0. The van der Waals surface area contributed by atoms with Gasteiger partial charge >= 0.3 is 0 Å². The lowest BCUT2D eigenvalue weighted by Crippen LogP contribution is -2.26. The van der Waals surface area contributed by atoms with Crippen LogP contribution in [0.1, 0.15) is 30.8 Å². The molecule has 7 heteroatoms. The summed E-state index contributed by atoms with van der Waals surface area (Å²) < 4.78 is 4.32. The Morgan fingerprint density at radius 2 is 2.22 bits per heavy atom. The van der Waals surface area contributed by atoms with Gasteiger partial charge in [0, 0.05) is 20.3 Å². The number of halogens is 1. The zero-order valence-electron chi connectivity index (χ0n) is 10.8. The number of hydrogen-bond acceptors (Lipinski definition) is 4. The van der Waals surface area contributed by atoms with Crippen LogP contribution in [0.25, 0.3) is 0 Å². The van der Waals surface area contributed by atoms with E-state index in [4.69, 9.17) is 0 Å². The van der Waals surface area contributed by atoms with E-state index in [1.54, 1.807) is 9.36 Å². The van der Waals surface area contributed by atoms with E-state index in [0.29, 0.717) is 0 Å². The minimum atomic E-state index is 0.000486. The Bertz CT molecular complexity index is 498. The molecule has 0 aliphatic heterocycles. The molecule has 2 aromatic heterocycles. The van der Waals surface area contributed by atoms with Crippen molar-refractivity contribution in [2.45, 2.75) is 19.4 Å². The average molecular weight is 313 g/mol. The lowest BCUT2D eigenvalue weighted by Gasteiger charge is -2.16. The molecular formula is C11H17BrN6. The Balaban J connectivity index is 2.36. The second-order valence-corrected chi connectivity index (χ2v) is 4.94. The maximum absolute atomic E-state index is 4.47. The molecule has 0 radical (unpaired) electrons. The summed E-state index contributed by atoms with van der Waals surface area (Å²) in [5.74, 6) is 0. The van der Waals surface area contributed by atoms with E-state index >= 15 is 0 Å². The van der Waals surface area contributed by atoms with Gasteiger partial charge in [0.15, 0.2) is 4.60 Å². The topological polar surface area (TPSA) is 60.6 Å². The molecule has 18 heavy (non-hydrogen) atoms. The van der Waals surface area contributed by atoms with Crippen molar-refractivity contribution in [1.29, 1.82) is 0 Å². The lowest BCUT2D eigenvalue weighted by atomic mass is 10.1. The second-order valence-electron chi connectivity index (χ2n) is 4.19. The van der Waals surface area contributed by atoms with Gasteiger partial charge in [-0.15, -0.1) is 5.10 Å². The van der Waals surface area contributed by atoms with E-state index in [-0.39, 0.29) is 6.04 Å². The Hall–Kier alpha value is -1.21. The molecule has 2 heterocycles. The monoisotopic (exact) mass is 312 g/mol. The van der Waals surface area contributed by atoms with Crippen LogP contribution in [0.2, 0.25) is 0 Å². The minimum Gasteiger partial charge on any atom is -0.304 e. The molecule has 6 nitrogen and oxygen atoms in total. The number of rotatable bonds is 5. The molecule has 0 saturated carbocycles. The predicted molar refractivity (Wildman–Crippen MR) is 72.0 cm³/mol. The number of aryl methyl sites for hydroxylation is 2. The fourth-order valence-corrected chi connectivity index (χ4v) is 2.42. The van der Waals surface area contributed by atoms with Crippen LogP contribution in [0.15, 0.2) is 16.9 Å². The third kappa shape index (κ3) is 2.62. The number of nitrogens with zero attached hydrogens (tertiary/aromatic N) is 5. The second kappa shape index (κ2) is 5.62. The molecule has 1 atom stereocenters. The highest BCUT2D eigenvalue weighted by molar-refractivity contribution is 9.10. The molecule has 1 unspecified atom stereocenters. The Kier molecular flexibility index (Phi) is 4.13. The summed E-state index contributed by atoms with van der Waals surface area (Å²) in [6.45, 7) is 3.05. The highest BCUT2D eigenvalue weighted by Crippen LogP contribution is 2.25. The van der Waals surface area contributed by atoms with Crippen LogP contribution in [0.5, 0.6) is 0 Å². The summed E-state index contributed by atoms with van der Waals surface area (Å²) in [4.78, 5) is 0. The molecule has 2 aromatic rings. The van der Waals surface area contributed by atoms with Gasteiger partial charge in [0.05, 0.1) is 17.4 Å². The minimum absolute atomic E-state index is 0.000486. The van der Waals surface area contributed by atoms with E-state index in [1.807, 2.05) is 26.4 Å². The number of nitrogens with one attached hydrogen (secondary N) is 1. The van der Waals surface area contributed by atoms with Crippen molar-refractivity contribution in [2.75, 3.05) is 6.54 Å². The maximum atomic E-state index is 4.47. The molecule has 0 saturated heterocycles. The van der Waals surface area contributed by atoms with Crippen LogP contribution in [-0.2, 0) is 14.1 Å². The van der Waals surface area contributed by atoms with Crippen molar-refractivity contribution in [2.24, 2.45) is 14.1 Å². The van der Waals surface area contributed by atoms with Crippen LogP contribution in [0.4, 0.5) is 0 Å². The molecule has 0 aliphatic rings. The predicted octanol–water partition coefficient (Wildman–Crippen LogP) is 1.40. The van der Waals surface area contributed by atoms with Crippen molar-refractivity contribution in [3.05, 3.63) is 28.3 Å². The van der Waals surface area contributed by atoms with Gasteiger partial charge in [0.1, 0.15) is 0 Å². The van der Waals surface area contributed by atoms with Crippen molar-refractivity contribution < 1.29 is 0 Å². The van der Waals surface area contributed by atoms with Crippen LogP contribution in [-0.4, -0.2) is 31.3 Å². The third-order valence-electron chi connectivity index (χ3n) is 2.73. The van der Waals surface area contributed by atoms with Crippen molar-refractivity contribution in [3.8, 4) is 0 Å². The summed E-state index contributed by atoms with van der Waals surface area (Å²) >= 11 is 3.44. The molecule has 98 valence electrons. The SMILES string of the molecule is CCCNC(c1ccn(C)n1)c1c(Br)nnn1C. The van der Waals surface area contributed by atoms with E-state index in [2.05, 4.69) is 43.6 Å². The first-order valence-corrected chi connectivity index (χ1v) is 6.70. The van der Waals surface area contributed by atoms with Gasteiger partial charge in [-0.3, -0.25) is 4.68 Å². The fourth-order valence-electron chi connectivity index (χ4n) is 1.86. The van der Waals surface area contributed by atoms with Crippen LogP contribution >= 0.6 is 15.9 Å². The molecule has 0 fully saturated rings. The van der Waals surface area contributed by atoms with Gasteiger partial charge in [0.2, 0.25) is 0 Å². The number of hydrogen-bond donors (Lipinski definition) is 1. The smallest absolute Gasteiger partial charge is 0.153 e. The van der Waals surface area contributed by atoms with Crippen molar-refractivity contribution in [1.82, 2.24) is 30.1 Å². The quantitative estimate of drug-likeness (QED) is 0.906. The van der Waals surface area contributed by atoms with Gasteiger partial charge in [-0.2, -0.15) is 5.10 Å². The Morgan fingerprint density at radius 1 is 1.44 bits per heavy atom. The van der Waals surface area contributed by atoms with Gasteiger partial charge in [0.25, 0.3) is 0 Å². The standard InChI is InChI=1S/C11H17BrN6/c1-4-6-13-9(8-5-7-17(2)15-8)10-11(12)14-16-18(10)3/h5,7,9,13H,4,6H2,1-3H3. The first kappa shape index (κ1) is 13.2. The largest absolute Gasteiger partial charge is 0.304 e. The molecule has 0 amide bonds.